The van der Waals surface area contributed by atoms with E-state index >= 15 is 0 Å². The molecule has 1 heterocycles. The number of nitrogens with two attached hydrogens (primary N) is 2. The number of carbonyl (C=O) groups is 1. The number of alkyl halides is 3. The zero-order valence-corrected chi connectivity index (χ0v) is 16.6. The van der Waals surface area contributed by atoms with Gasteiger partial charge < -0.3 is 21.2 Å². The number of hydrogen-bond donors (Lipinski definition) is 3. The van der Waals surface area contributed by atoms with Gasteiger partial charge in [0, 0.05) is 32.7 Å². The Hall–Kier alpha value is -3.47. The zero-order valence-electron chi connectivity index (χ0n) is 16.6. The zero-order chi connectivity index (χ0) is 22.4. The third-order valence-electron chi connectivity index (χ3n) is 4.76. The molecule has 2 amide bonds. The number of hydrogen-bond acceptors (Lipinski definition) is 5. The van der Waals surface area contributed by atoms with Crippen molar-refractivity contribution in [2.75, 3.05) is 26.2 Å². The van der Waals surface area contributed by atoms with Crippen LogP contribution in [-0.2, 0) is 12.7 Å². The van der Waals surface area contributed by atoms with E-state index in [1.807, 2.05) is 18.2 Å². The maximum absolute atomic E-state index is 12.7. The second-order valence-corrected chi connectivity index (χ2v) is 6.98. The van der Waals surface area contributed by atoms with Crippen molar-refractivity contribution in [1.82, 2.24) is 15.1 Å². The minimum Gasteiger partial charge on any atom is -0.457 e. The van der Waals surface area contributed by atoms with Crippen molar-refractivity contribution in [3.63, 3.8) is 0 Å². The van der Waals surface area contributed by atoms with Crippen molar-refractivity contribution in [2.45, 2.75) is 12.7 Å². The first-order valence-corrected chi connectivity index (χ1v) is 9.50. The maximum Gasteiger partial charge on any atom is 0.416 e. The van der Waals surface area contributed by atoms with Gasteiger partial charge in [-0.1, -0.05) is 12.1 Å². The van der Waals surface area contributed by atoms with E-state index in [4.69, 9.17) is 16.3 Å². The van der Waals surface area contributed by atoms with Crippen LogP contribution in [0.5, 0.6) is 11.5 Å². The number of nitrogens with zero attached hydrogens (tertiary/aromatic N) is 3. The molecule has 0 unspecified atom stereocenters. The number of carbonyl (C=O) groups excluding carboxylic acids is 1. The predicted molar refractivity (Wildman–Crippen MR) is 109 cm³/mol. The molecule has 1 saturated heterocycles. The van der Waals surface area contributed by atoms with Gasteiger partial charge in [0.2, 0.25) is 5.96 Å². The van der Waals surface area contributed by atoms with Crippen LogP contribution < -0.4 is 21.6 Å². The molecule has 0 aromatic heterocycles. The van der Waals surface area contributed by atoms with Gasteiger partial charge in [-0.2, -0.15) is 13.2 Å². The van der Waals surface area contributed by atoms with Gasteiger partial charge in [-0.3, -0.25) is 10.2 Å². The SMILES string of the molecule is N/N=C(\N)NC(=O)N1CCN(Cc2cccc(Oc3ccc(C(F)(F)F)cc3)c2)CC1. The number of benzene rings is 2. The molecular formula is C20H23F3N6O2. The summed E-state index contributed by atoms with van der Waals surface area (Å²) < 4.78 is 43.7. The summed E-state index contributed by atoms with van der Waals surface area (Å²) in [6.45, 7) is 3.01. The quantitative estimate of drug-likeness (QED) is 0.295. The number of piperazine rings is 1. The molecule has 0 spiro atoms. The van der Waals surface area contributed by atoms with Gasteiger partial charge in [-0.15, -0.1) is 5.10 Å². The predicted octanol–water partition coefficient (Wildman–Crippen LogP) is 2.51. The first kappa shape index (κ1) is 22.2. The van der Waals surface area contributed by atoms with E-state index in [1.54, 1.807) is 11.0 Å². The molecule has 8 nitrogen and oxygen atoms in total. The first-order chi connectivity index (χ1) is 14.7. The van der Waals surface area contributed by atoms with Crippen LogP contribution in [0.25, 0.3) is 0 Å². The molecule has 0 saturated carbocycles. The average molecular weight is 436 g/mol. The van der Waals surface area contributed by atoms with Crippen LogP contribution >= 0.6 is 0 Å². The summed E-state index contributed by atoms with van der Waals surface area (Å²) in [6.07, 6.45) is -4.38. The summed E-state index contributed by atoms with van der Waals surface area (Å²) in [6, 6.07) is 11.6. The Labute approximate surface area is 177 Å². The minimum absolute atomic E-state index is 0.141. The second-order valence-electron chi connectivity index (χ2n) is 6.98. The van der Waals surface area contributed by atoms with Crippen molar-refractivity contribution in [1.29, 1.82) is 0 Å². The molecule has 1 aliphatic heterocycles. The van der Waals surface area contributed by atoms with Gasteiger partial charge in [0.25, 0.3) is 0 Å². The van der Waals surface area contributed by atoms with Crippen LogP contribution in [0.1, 0.15) is 11.1 Å². The smallest absolute Gasteiger partial charge is 0.416 e. The van der Waals surface area contributed by atoms with Crippen LogP contribution in [0.15, 0.2) is 53.6 Å². The standard InChI is InChI=1S/C20H23F3N6O2/c21-20(22,23)15-4-6-16(7-5-15)31-17-3-1-2-14(12-17)13-28-8-10-29(11-9-28)19(30)26-18(24)27-25/h1-7,12H,8-11,13,25H2,(H3,24,26,27,30). The molecule has 11 heteroatoms. The molecular weight excluding hydrogens is 413 g/mol. The third-order valence-corrected chi connectivity index (χ3v) is 4.76. The van der Waals surface area contributed by atoms with Crippen molar-refractivity contribution < 1.29 is 22.7 Å². The number of rotatable bonds is 4. The van der Waals surface area contributed by atoms with E-state index in [9.17, 15) is 18.0 Å². The normalized spacial score (nSPS) is 15.6. The third kappa shape index (κ3) is 6.25. The minimum atomic E-state index is -4.38. The van der Waals surface area contributed by atoms with Crippen LogP contribution in [0.4, 0.5) is 18.0 Å². The Morgan fingerprint density at radius 3 is 2.35 bits per heavy atom. The fourth-order valence-corrected chi connectivity index (χ4v) is 3.14. The number of urea groups is 1. The number of guanidine groups is 1. The number of hydrazone groups is 1. The second kappa shape index (κ2) is 9.56. The van der Waals surface area contributed by atoms with Crippen molar-refractivity contribution in [3.8, 4) is 11.5 Å². The Morgan fingerprint density at radius 1 is 1.06 bits per heavy atom. The molecule has 5 N–H and O–H groups in total. The summed E-state index contributed by atoms with van der Waals surface area (Å²) in [5.74, 6) is 5.73. The Balaban J connectivity index is 1.54. The Bertz CT molecular complexity index is 925. The molecule has 2 aromatic rings. The number of nitrogens with one attached hydrogen (secondary N) is 1. The van der Waals surface area contributed by atoms with Crippen molar-refractivity contribution >= 4 is 12.0 Å². The van der Waals surface area contributed by atoms with E-state index < -0.39 is 11.7 Å². The number of halogens is 3. The van der Waals surface area contributed by atoms with Crippen LogP contribution in [0.3, 0.4) is 0 Å². The summed E-state index contributed by atoms with van der Waals surface area (Å²) in [5.41, 5.74) is 5.66. The largest absolute Gasteiger partial charge is 0.457 e. The van der Waals surface area contributed by atoms with Gasteiger partial charge in [-0.05, 0) is 42.0 Å². The maximum atomic E-state index is 12.7. The Kier molecular flexibility index (Phi) is 6.85. The van der Waals surface area contributed by atoms with Gasteiger partial charge in [0.1, 0.15) is 11.5 Å². The highest BCUT2D eigenvalue weighted by Gasteiger charge is 2.30. The van der Waals surface area contributed by atoms with Crippen molar-refractivity contribution in [2.24, 2.45) is 16.7 Å². The van der Waals surface area contributed by atoms with E-state index in [2.05, 4.69) is 15.3 Å². The number of ether oxygens (including phenoxy) is 1. The van der Waals surface area contributed by atoms with Crippen LogP contribution in [0, 0.1) is 0 Å². The molecule has 0 aliphatic carbocycles. The Morgan fingerprint density at radius 2 is 1.74 bits per heavy atom. The van der Waals surface area contributed by atoms with Gasteiger partial charge >= 0.3 is 12.2 Å². The average Bonchev–Trinajstić information content (AvgIpc) is 2.74. The molecule has 0 radical (unpaired) electrons. The molecule has 0 atom stereocenters. The highest BCUT2D eigenvalue weighted by molar-refractivity contribution is 5.95. The highest BCUT2D eigenvalue weighted by Crippen LogP contribution is 2.31. The lowest BCUT2D eigenvalue weighted by Crippen LogP contribution is -2.53. The van der Waals surface area contributed by atoms with E-state index in [1.165, 1.54) is 12.1 Å². The highest BCUT2D eigenvalue weighted by atomic mass is 19.4. The summed E-state index contributed by atoms with van der Waals surface area (Å²) >= 11 is 0. The van der Waals surface area contributed by atoms with Crippen molar-refractivity contribution in [3.05, 3.63) is 59.7 Å². The monoisotopic (exact) mass is 436 g/mol. The summed E-state index contributed by atoms with van der Waals surface area (Å²) in [4.78, 5) is 15.8. The lowest BCUT2D eigenvalue weighted by Gasteiger charge is -2.34. The van der Waals surface area contributed by atoms with Gasteiger partial charge in [0.05, 0.1) is 5.56 Å². The molecule has 1 aliphatic rings. The molecule has 31 heavy (non-hydrogen) atoms. The summed E-state index contributed by atoms with van der Waals surface area (Å²) in [5, 5.41) is 5.61. The molecule has 166 valence electrons. The molecule has 3 rings (SSSR count). The van der Waals surface area contributed by atoms with Crippen LogP contribution in [-0.4, -0.2) is 48.0 Å². The lowest BCUT2D eigenvalue weighted by molar-refractivity contribution is -0.137. The van der Waals surface area contributed by atoms with Gasteiger partial charge in [-0.25, -0.2) is 4.79 Å². The fraction of sp³-hybridized carbons (Fsp3) is 0.300. The van der Waals surface area contributed by atoms with E-state index in [0.717, 1.165) is 17.7 Å². The molecule has 2 aromatic carbocycles. The molecule has 1 fully saturated rings. The first-order valence-electron chi connectivity index (χ1n) is 9.50. The van der Waals surface area contributed by atoms with E-state index in [0.29, 0.717) is 44.2 Å². The topological polar surface area (TPSA) is 109 Å². The lowest BCUT2D eigenvalue weighted by atomic mass is 10.2. The van der Waals surface area contributed by atoms with E-state index in [-0.39, 0.29) is 12.0 Å². The van der Waals surface area contributed by atoms with Crippen LogP contribution in [0.2, 0.25) is 0 Å². The number of amides is 2. The summed E-state index contributed by atoms with van der Waals surface area (Å²) in [7, 11) is 0. The fourth-order valence-electron chi connectivity index (χ4n) is 3.14. The molecule has 0 bridgehead atoms. The van der Waals surface area contributed by atoms with Gasteiger partial charge in [0.15, 0.2) is 0 Å².